The van der Waals surface area contributed by atoms with Crippen molar-refractivity contribution < 1.29 is 9.53 Å². The SMILES string of the molecule is C=CCCCCCC(CC)OCC(=O)NCc1ccc(CN)cc1. The van der Waals surface area contributed by atoms with E-state index < -0.39 is 0 Å². The summed E-state index contributed by atoms with van der Waals surface area (Å²) in [6.07, 6.45) is 8.68. The third-order valence-electron chi connectivity index (χ3n) is 4.09. The predicted molar refractivity (Wildman–Crippen MR) is 99.5 cm³/mol. The van der Waals surface area contributed by atoms with Crippen molar-refractivity contribution >= 4 is 5.91 Å². The molecule has 1 aromatic rings. The molecule has 0 aromatic heterocycles. The normalized spacial score (nSPS) is 11.9. The predicted octanol–water partition coefficient (Wildman–Crippen LogP) is 3.69. The molecule has 1 amide bonds. The number of hydrogen-bond acceptors (Lipinski definition) is 3. The maximum absolute atomic E-state index is 11.9. The van der Waals surface area contributed by atoms with Gasteiger partial charge in [-0.25, -0.2) is 0 Å². The van der Waals surface area contributed by atoms with Gasteiger partial charge in [-0.1, -0.05) is 50.1 Å². The van der Waals surface area contributed by atoms with Crippen LogP contribution in [-0.2, 0) is 22.6 Å². The Morgan fingerprint density at radius 1 is 1.25 bits per heavy atom. The number of rotatable bonds is 13. The first kappa shape index (κ1) is 20.4. The minimum atomic E-state index is -0.0667. The summed E-state index contributed by atoms with van der Waals surface area (Å²) in [6, 6.07) is 7.94. The average molecular weight is 332 g/mol. The Morgan fingerprint density at radius 2 is 1.96 bits per heavy atom. The van der Waals surface area contributed by atoms with E-state index in [0.717, 1.165) is 36.8 Å². The van der Waals surface area contributed by atoms with Crippen LogP contribution in [0.3, 0.4) is 0 Å². The Labute approximate surface area is 146 Å². The lowest BCUT2D eigenvalue weighted by atomic mass is 10.1. The largest absolute Gasteiger partial charge is 0.368 e. The Kier molecular flexibility index (Phi) is 10.8. The Hall–Kier alpha value is -1.65. The maximum atomic E-state index is 11.9. The first-order chi connectivity index (χ1) is 11.7. The number of nitrogens with one attached hydrogen (secondary N) is 1. The minimum absolute atomic E-state index is 0.0667. The number of unbranched alkanes of at least 4 members (excludes halogenated alkanes) is 3. The van der Waals surface area contributed by atoms with Gasteiger partial charge >= 0.3 is 0 Å². The molecule has 0 aliphatic carbocycles. The lowest BCUT2D eigenvalue weighted by Crippen LogP contribution is -2.29. The van der Waals surface area contributed by atoms with E-state index in [1.165, 1.54) is 12.8 Å². The fourth-order valence-corrected chi connectivity index (χ4v) is 2.48. The molecule has 1 rings (SSSR count). The van der Waals surface area contributed by atoms with Gasteiger partial charge in [-0.15, -0.1) is 6.58 Å². The summed E-state index contributed by atoms with van der Waals surface area (Å²) in [4.78, 5) is 11.9. The molecular formula is C20H32N2O2. The van der Waals surface area contributed by atoms with E-state index in [9.17, 15) is 4.79 Å². The van der Waals surface area contributed by atoms with Crippen LogP contribution in [0, 0.1) is 0 Å². The van der Waals surface area contributed by atoms with Gasteiger partial charge in [0.15, 0.2) is 0 Å². The quantitative estimate of drug-likeness (QED) is 0.428. The zero-order chi connectivity index (χ0) is 17.6. The molecule has 0 fully saturated rings. The lowest BCUT2D eigenvalue weighted by molar-refractivity contribution is -0.128. The van der Waals surface area contributed by atoms with Crippen LogP contribution in [0.5, 0.6) is 0 Å². The third-order valence-corrected chi connectivity index (χ3v) is 4.09. The van der Waals surface area contributed by atoms with E-state index in [-0.39, 0.29) is 18.6 Å². The van der Waals surface area contributed by atoms with Crippen LogP contribution in [0.1, 0.15) is 56.6 Å². The molecular weight excluding hydrogens is 300 g/mol. The monoisotopic (exact) mass is 332 g/mol. The highest BCUT2D eigenvalue weighted by molar-refractivity contribution is 5.77. The molecule has 4 nitrogen and oxygen atoms in total. The van der Waals surface area contributed by atoms with E-state index >= 15 is 0 Å². The fourth-order valence-electron chi connectivity index (χ4n) is 2.48. The molecule has 134 valence electrons. The number of nitrogens with two attached hydrogens (primary N) is 1. The van der Waals surface area contributed by atoms with Gasteiger partial charge in [0.2, 0.25) is 5.91 Å². The number of ether oxygens (including phenoxy) is 1. The second kappa shape index (κ2) is 12.7. The van der Waals surface area contributed by atoms with Crippen LogP contribution in [0.2, 0.25) is 0 Å². The van der Waals surface area contributed by atoms with Gasteiger partial charge in [-0.2, -0.15) is 0 Å². The number of allylic oxidation sites excluding steroid dienone is 1. The molecule has 0 aliphatic rings. The summed E-state index contributed by atoms with van der Waals surface area (Å²) < 4.78 is 5.74. The van der Waals surface area contributed by atoms with E-state index in [1.54, 1.807) is 0 Å². The highest BCUT2D eigenvalue weighted by Gasteiger charge is 2.09. The molecule has 0 saturated carbocycles. The van der Waals surface area contributed by atoms with E-state index in [4.69, 9.17) is 10.5 Å². The van der Waals surface area contributed by atoms with E-state index in [0.29, 0.717) is 13.1 Å². The molecule has 4 heteroatoms. The summed E-state index contributed by atoms with van der Waals surface area (Å²) >= 11 is 0. The lowest BCUT2D eigenvalue weighted by Gasteiger charge is -2.16. The third kappa shape index (κ3) is 8.85. The Morgan fingerprint density at radius 3 is 2.58 bits per heavy atom. The van der Waals surface area contributed by atoms with Gasteiger partial charge in [0.1, 0.15) is 6.61 Å². The van der Waals surface area contributed by atoms with Gasteiger partial charge in [0.25, 0.3) is 0 Å². The first-order valence-electron chi connectivity index (χ1n) is 8.96. The fraction of sp³-hybridized carbons (Fsp3) is 0.550. The summed E-state index contributed by atoms with van der Waals surface area (Å²) in [6.45, 7) is 7.02. The van der Waals surface area contributed by atoms with Crippen molar-refractivity contribution in [2.45, 2.75) is 64.6 Å². The van der Waals surface area contributed by atoms with Crippen LogP contribution >= 0.6 is 0 Å². The number of carbonyl (C=O) groups is 1. The molecule has 0 radical (unpaired) electrons. The van der Waals surface area contributed by atoms with Crippen molar-refractivity contribution in [3.63, 3.8) is 0 Å². The summed E-state index contributed by atoms with van der Waals surface area (Å²) in [5.41, 5.74) is 7.73. The molecule has 1 atom stereocenters. The van der Waals surface area contributed by atoms with Crippen LogP contribution in [0.4, 0.5) is 0 Å². The smallest absolute Gasteiger partial charge is 0.246 e. The zero-order valence-corrected chi connectivity index (χ0v) is 14.9. The van der Waals surface area contributed by atoms with Crippen LogP contribution in [0.15, 0.2) is 36.9 Å². The van der Waals surface area contributed by atoms with Gasteiger partial charge < -0.3 is 15.8 Å². The molecule has 0 aliphatic heterocycles. The van der Waals surface area contributed by atoms with E-state index in [1.807, 2.05) is 30.3 Å². The van der Waals surface area contributed by atoms with Gasteiger partial charge in [0, 0.05) is 13.1 Å². The molecule has 0 saturated heterocycles. The maximum Gasteiger partial charge on any atom is 0.246 e. The zero-order valence-electron chi connectivity index (χ0n) is 14.9. The number of hydrogen-bond donors (Lipinski definition) is 2. The molecule has 24 heavy (non-hydrogen) atoms. The van der Waals surface area contributed by atoms with Gasteiger partial charge in [-0.05, 0) is 36.8 Å². The Balaban J connectivity index is 2.19. The standard InChI is InChI=1S/C20H32N2O2/c1-3-5-6-7-8-9-19(4-2)24-16-20(23)22-15-18-12-10-17(14-21)11-13-18/h3,10-13,19H,1,4-9,14-16,21H2,2H3,(H,22,23). The minimum Gasteiger partial charge on any atom is -0.368 e. The van der Waals surface area contributed by atoms with Crippen molar-refractivity contribution in [1.29, 1.82) is 0 Å². The molecule has 1 aromatic carbocycles. The molecule has 3 N–H and O–H groups in total. The molecule has 0 bridgehead atoms. The molecule has 0 heterocycles. The topological polar surface area (TPSA) is 64.3 Å². The highest BCUT2D eigenvalue weighted by Crippen LogP contribution is 2.11. The number of amides is 1. The van der Waals surface area contributed by atoms with Crippen LogP contribution < -0.4 is 11.1 Å². The Bertz CT molecular complexity index is 471. The van der Waals surface area contributed by atoms with Crippen molar-refractivity contribution in [1.82, 2.24) is 5.32 Å². The number of benzene rings is 1. The van der Waals surface area contributed by atoms with Crippen molar-refractivity contribution in [3.05, 3.63) is 48.0 Å². The summed E-state index contributed by atoms with van der Waals surface area (Å²) in [7, 11) is 0. The average Bonchev–Trinajstić information content (AvgIpc) is 2.62. The second-order valence-electron chi connectivity index (χ2n) is 6.07. The summed E-state index contributed by atoms with van der Waals surface area (Å²) in [5, 5.41) is 2.89. The highest BCUT2D eigenvalue weighted by atomic mass is 16.5. The molecule has 0 spiro atoms. The van der Waals surface area contributed by atoms with Crippen molar-refractivity contribution in [3.8, 4) is 0 Å². The van der Waals surface area contributed by atoms with Crippen LogP contribution in [-0.4, -0.2) is 18.6 Å². The first-order valence-corrected chi connectivity index (χ1v) is 8.96. The number of carbonyl (C=O) groups excluding carboxylic acids is 1. The van der Waals surface area contributed by atoms with Crippen LogP contribution in [0.25, 0.3) is 0 Å². The van der Waals surface area contributed by atoms with Gasteiger partial charge in [-0.3, -0.25) is 4.79 Å². The van der Waals surface area contributed by atoms with Crippen molar-refractivity contribution in [2.24, 2.45) is 5.73 Å². The van der Waals surface area contributed by atoms with Gasteiger partial charge in [0.05, 0.1) is 6.10 Å². The molecule has 1 unspecified atom stereocenters. The second-order valence-corrected chi connectivity index (χ2v) is 6.07. The van der Waals surface area contributed by atoms with E-state index in [2.05, 4.69) is 18.8 Å². The summed E-state index contributed by atoms with van der Waals surface area (Å²) in [5.74, 6) is -0.0667. The van der Waals surface area contributed by atoms with Crippen molar-refractivity contribution in [2.75, 3.05) is 6.61 Å².